The van der Waals surface area contributed by atoms with Gasteiger partial charge in [-0.3, -0.25) is 0 Å². The Bertz CT molecular complexity index is 466. The summed E-state index contributed by atoms with van der Waals surface area (Å²) < 4.78 is 0. The third-order valence-corrected chi connectivity index (χ3v) is 4.10. The molecule has 1 saturated carbocycles. The number of aliphatic hydroxyl groups is 1. The molecule has 6 heteroatoms. The highest BCUT2D eigenvalue weighted by Gasteiger charge is 2.23. The first kappa shape index (κ1) is 16.0. The molecule has 0 spiro atoms. The number of rotatable bonds is 5. The normalized spacial score (nSPS) is 22.7. The molecule has 0 bridgehead atoms. The molecule has 0 amide bonds. The van der Waals surface area contributed by atoms with E-state index >= 15 is 0 Å². The number of nitrogen functional groups attached to an aromatic ring is 1. The van der Waals surface area contributed by atoms with Crippen molar-refractivity contribution >= 4 is 11.6 Å². The summed E-state index contributed by atoms with van der Waals surface area (Å²) in [4.78, 5) is 9.02. The third-order valence-electron chi connectivity index (χ3n) is 4.10. The van der Waals surface area contributed by atoms with E-state index in [4.69, 9.17) is 5.84 Å². The molecule has 1 aromatic rings. The molecule has 5 N–H and O–H groups in total. The van der Waals surface area contributed by atoms with Gasteiger partial charge in [-0.2, -0.15) is 0 Å². The van der Waals surface area contributed by atoms with Gasteiger partial charge in [-0.05, 0) is 26.2 Å². The maximum absolute atomic E-state index is 10.3. The van der Waals surface area contributed by atoms with Crippen molar-refractivity contribution in [2.75, 3.05) is 10.7 Å². The molecule has 1 aliphatic rings. The Kier molecular flexibility index (Phi) is 5.76. The predicted molar refractivity (Wildman–Crippen MR) is 85.1 cm³/mol. The van der Waals surface area contributed by atoms with Crippen LogP contribution in [0.2, 0.25) is 0 Å². The Morgan fingerprint density at radius 3 is 2.62 bits per heavy atom. The molecule has 0 aromatic carbocycles. The van der Waals surface area contributed by atoms with Gasteiger partial charge < -0.3 is 15.8 Å². The second kappa shape index (κ2) is 7.56. The van der Waals surface area contributed by atoms with Gasteiger partial charge in [0.1, 0.15) is 17.5 Å². The highest BCUT2D eigenvalue weighted by atomic mass is 16.3. The summed E-state index contributed by atoms with van der Waals surface area (Å²) in [5.74, 6) is 7.77. The van der Waals surface area contributed by atoms with E-state index < -0.39 is 0 Å². The van der Waals surface area contributed by atoms with Crippen molar-refractivity contribution in [3.8, 4) is 0 Å². The summed E-state index contributed by atoms with van der Waals surface area (Å²) >= 11 is 0. The highest BCUT2D eigenvalue weighted by molar-refractivity contribution is 5.57. The van der Waals surface area contributed by atoms with Crippen LogP contribution in [0.1, 0.15) is 56.8 Å². The van der Waals surface area contributed by atoms with Gasteiger partial charge in [0.05, 0.1) is 12.1 Å². The fraction of sp³-hybridized carbons (Fsp3) is 0.733. The second-order valence-corrected chi connectivity index (χ2v) is 5.81. The van der Waals surface area contributed by atoms with Crippen LogP contribution in [0.4, 0.5) is 11.6 Å². The summed E-state index contributed by atoms with van der Waals surface area (Å²) in [6.45, 7) is 4.04. The van der Waals surface area contributed by atoms with Gasteiger partial charge >= 0.3 is 0 Å². The van der Waals surface area contributed by atoms with Crippen LogP contribution < -0.4 is 16.6 Å². The maximum atomic E-state index is 10.3. The number of anilines is 2. The number of hydrogen-bond acceptors (Lipinski definition) is 6. The van der Waals surface area contributed by atoms with Crippen molar-refractivity contribution in [2.45, 2.75) is 70.9 Å². The fourth-order valence-corrected chi connectivity index (χ4v) is 2.81. The van der Waals surface area contributed by atoms with E-state index in [2.05, 4.69) is 27.6 Å². The second-order valence-electron chi connectivity index (χ2n) is 5.81. The molecule has 1 aliphatic carbocycles. The predicted octanol–water partition coefficient (Wildman–Crippen LogP) is 2.13. The number of aryl methyl sites for hydroxylation is 1. The molecular formula is C15H27N5O. The molecule has 21 heavy (non-hydrogen) atoms. The smallest absolute Gasteiger partial charge is 0.148 e. The van der Waals surface area contributed by atoms with Crippen molar-refractivity contribution in [3.05, 3.63) is 11.4 Å². The Balaban J connectivity index is 2.22. The first-order chi connectivity index (χ1) is 10.2. The van der Waals surface area contributed by atoms with Crippen LogP contribution in [0.5, 0.6) is 0 Å². The van der Waals surface area contributed by atoms with Crippen LogP contribution >= 0.6 is 0 Å². The lowest BCUT2D eigenvalue weighted by Crippen LogP contribution is -2.33. The quantitative estimate of drug-likeness (QED) is 0.377. The maximum Gasteiger partial charge on any atom is 0.148 e. The molecule has 1 aromatic heterocycles. The molecule has 2 rings (SSSR count). The lowest BCUT2D eigenvalue weighted by atomic mass is 10.1. The van der Waals surface area contributed by atoms with E-state index in [1.807, 2.05) is 6.92 Å². The molecular weight excluding hydrogens is 266 g/mol. The minimum atomic E-state index is -0.314. The standard InChI is InChI=1S/C15H27N5O/c1-3-7-13-18-14(10(2)15(19-13)20-16)17-11-8-5-4-6-9-12(11)21/h11-12,21H,3-9,16H2,1-2H3,(H2,17,18,19,20). The van der Waals surface area contributed by atoms with Crippen molar-refractivity contribution in [2.24, 2.45) is 5.84 Å². The number of nitrogens with zero attached hydrogens (tertiary/aromatic N) is 2. The minimum Gasteiger partial charge on any atom is -0.391 e. The van der Waals surface area contributed by atoms with Crippen molar-refractivity contribution < 1.29 is 5.11 Å². The largest absolute Gasteiger partial charge is 0.391 e. The Hall–Kier alpha value is -1.40. The summed E-state index contributed by atoms with van der Waals surface area (Å²) in [6, 6.07) is 0.0567. The van der Waals surface area contributed by atoms with Gasteiger partial charge in [0, 0.05) is 12.0 Å². The number of nitrogens with two attached hydrogens (primary N) is 1. The van der Waals surface area contributed by atoms with Crippen molar-refractivity contribution in [1.29, 1.82) is 0 Å². The highest BCUT2D eigenvalue weighted by Crippen LogP contribution is 2.25. The monoisotopic (exact) mass is 293 g/mol. The number of hydrogen-bond donors (Lipinski definition) is 4. The summed E-state index contributed by atoms with van der Waals surface area (Å²) in [5, 5.41) is 13.7. The first-order valence-electron chi connectivity index (χ1n) is 7.94. The zero-order valence-electron chi connectivity index (χ0n) is 13.0. The van der Waals surface area contributed by atoms with E-state index in [0.717, 1.165) is 55.7 Å². The Morgan fingerprint density at radius 1 is 1.19 bits per heavy atom. The van der Waals surface area contributed by atoms with Crippen LogP contribution in [-0.4, -0.2) is 27.2 Å². The van der Waals surface area contributed by atoms with Gasteiger partial charge in [0.25, 0.3) is 0 Å². The van der Waals surface area contributed by atoms with Gasteiger partial charge in [-0.15, -0.1) is 0 Å². The SMILES string of the molecule is CCCc1nc(NN)c(C)c(NC2CCCCCC2O)n1. The van der Waals surface area contributed by atoms with E-state index in [-0.39, 0.29) is 12.1 Å². The average molecular weight is 293 g/mol. The third kappa shape index (κ3) is 4.04. The fourth-order valence-electron chi connectivity index (χ4n) is 2.81. The molecule has 0 aliphatic heterocycles. The molecule has 6 nitrogen and oxygen atoms in total. The van der Waals surface area contributed by atoms with Gasteiger partial charge in [0.15, 0.2) is 0 Å². The molecule has 2 unspecified atom stereocenters. The van der Waals surface area contributed by atoms with Gasteiger partial charge in [-0.1, -0.05) is 26.2 Å². The van der Waals surface area contributed by atoms with Gasteiger partial charge in [0.2, 0.25) is 0 Å². The zero-order chi connectivity index (χ0) is 15.2. The van der Waals surface area contributed by atoms with Gasteiger partial charge in [-0.25, -0.2) is 15.8 Å². The van der Waals surface area contributed by atoms with Crippen molar-refractivity contribution in [1.82, 2.24) is 9.97 Å². The van der Waals surface area contributed by atoms with E-state index in [1.54, 1.807) is 0 Å². The first-order valence-corrected chi connectivity index (χ1v) is 7.94. The topological polar surface area (TPSA) is 96.1 Å². The Labute approximate surface area is 126 Å². The van der Waals surface area contributed by atoms with E-state index in [1.165, 1.54) is 6.42 Å². The molecule has 0 radical (unpaired) electrons. The van der Waals surface area contributed by atoms with Crippen LogP contribution in [0.15, 0.2) is 0 Å². The summed E-state index contributed by atoms with van der Waals surface area (Å²) in [7, 11) is 0. The number of hydrazine groups is 1. The number of nitrogens with one attached hydrogen (secondary N) is 2. The summed E-state index contributed by atoms with van der Waals surface area (Å²) in [6.07, 6.45) is 6.74. The van der Waals surface area contributed by atoms with E-state index in [0.29, 0.717) is 5.82 Å². The molecule has 2 atom stereocenters. The average Bonchev–Trinajstić information content (AvgIpc) is 2.67. The van der Waals surface area contributed by atoms with Crippen molar-refractivity contribution in [3.63, 3.8) is 0 Å². The molecule has 1 heterocycles. The minimum absolute atomic E-state index is 0.0567. The molecule has 118 valence electrons. The number of aromatic nitrogens is 2. The van der Waals surface area contributed by atoms with Crippen LogP contribution in [0.25, 0.3) is 0 Å². The van der Waals surface area contributed by atoms with Crippen LogP contribution in [0, 0.1) is 6.92 Å². The molecule has 1 fully saturated rings. The van der Waals surface area contributed by atoms with E-state index in [9.17, 15) is 5.11 Å². The lowest BCUT2D eigenvalue weighted by Gasteiger charge is -2.24. The lowest BCUT2D eigenvalue weighted by molar-refractivity contribution is 0.144. The Morgan fingerprint density at radius 2 is 1.90 bits per heavy atom. The molecule has 0 saturated heterocycles. The van der Waals surface area contributed by atoms with Crippen LogP contribution in [0.3, 0.4) is 0 Å². The number of aliphatic hydroxyl groups excluding tert-OH is 1. The zero-order valence-corrected chi connectivity index (χ0v) is 13.0. The summed E-state index contributed by atoms with van der Waals surface area (Å²) in [5.41, 5.74) is 3.54. The van der Waals surface area contributed by atoms with Crippen LogP contribution in [-0.2, 0) is 6.42 Å².